The van der Waals surface area contributed by atoms with Gasteiger partial charge in [-0.3, -0.25) is 14.9 Å². The van der Waals surface area contributed by atoms with E-state index in [9.17, 15) is 24.3 Å². The van der Waals surface area contributed by atoms with Crippen LogP contribution in [0.3, 0.4) is 0 Å². The van der Waals surface area contributed by atoms with Crippen molar-refractivity contribution in [2.24, 2.45) is 0 Å². The molecule has 1 saturated heterocycles. The number of benzene rings is 1. The minimum Gasteiger partial charge on any atom is -0.480 e. The zero-order valence-electron chi connectivity index (χ0n) is 14.2. The topological polar surface area (TPSA) is 136 Å². The van der Waals surface area contributed by atoms with Gasteiger partial charge in [0.05, 0.1) is 12.6 Å². The Hall–Kier alpha value is -2.94. The summed E-state index contributed by atoms with van der Waals surface area (Å²) >= 11 is 0. The van der Waals surface area contributed by atoms with E-state index in [4.69, 9.17) is 5.11 Å². The Morgan fingerprint density at radius 2 is 1.92 bits per heavy atom. The van der Waals surface area contributed by atoms with Crippen LogP contribution in [-0.2, 0) is 20.8 Å². The molecule has 26 heavy (non-hydrogen) atoms. The third kappa shape index (κ3) is 4.57. The van der Waals surface area contributed by atoms with Crippen molar-refractivity contribution < 1.29 is 29.4 Å². The molecule has 140 valence electrons. The second kappa shape index (κ2) is 8.43. The molecule has 2 rings (SSSR count). The zero-order chi connectivity index (χ0) is 19.3. The summed E-state index contributed by atoms with van der Waals surface area (Å²) < 4.78 is 0. The molecule has 1 aromatic carbocycles. The highest BCUT2D eigenvalue weighted by Crippen LogP contribution is 2.11. The van der Waals surface area contributed by atoms with Gasteiger partial charge in [0.1, 0.15) is 6.04 Å². The molecule has 0 unspecified atom stereocenters. The number of rotatable bonds is 8. The van der Waals surface area contributed by atoms with Gasteiger partial charge in [0, 0.05) is 0 Å². The summed E-state index contributed by atoms with van der Waals surface area (Å²) in [5, 5.41) is 23.5. The molecule has 1 aliphatic heterocycles. The molecule has 0 aromatic heterocycles. The average Bonchev–Trinajstić information content (AvgIpc) is 3.00. The number of carboxylic acids is 2. The van der Waals surface area contributed by atoms with Gasteiger partial charge in [-0.25, -0.2) is 14.5 Å². The maximum Gasteiger partial charge on any atom is 0.328 e. The Balaban J connectivity index is 2.01. The summed E-state index contributed by atoms with van der Waals surface area (Å²) in [6.45, 7) is 1.23. The average molecular weight is 363 g/mol. The van der Waals surface area contributed by atoms with E-state index in [0.29, 0.717) is 11.3 Å². The lowest BCUT2D eigenvalue weighted by Crippen LogP contribution is -2.54. The molecular weight excluding hydrogens is 342 g/mol. The first-order valence-corrected chi connectivity index (χ1v) is 8.17. The maximum atomic E-state index is 12.4. The highest BCUT2D eigenvalue weighted by molar-refractivity contribution is 6.02. The first-order valence-electron chi connectivity index (χ1n) is 8.17. The van der Waals surface area contributed by atoms with Crippen molar-refractivity contribution in [3.8, 4) is 0 Å². The minimum absolute atomic E-state index is 0.178. The van der Waals surface area contributed by atoms with Gasteiger partial charge in [0.15, 0.2) is 6.04 Å². The molecular formula is C17H21N3O6. The second-order valence-corrected chi connectivity index (χ2v) is 6.05. The predicted octanol–water partition coefficient (Wildman–Crippen LogP) is 0.0555. The van der Waals surface area contributed by atoms with Gasteiger partial charge >= 0.3 is 18.0 Å². The number of aliphatic carboxylic acids is 2. The number of nitrogens with one attached hydrogen (secondary N) is 2. The van der Waals surface area contributed by atoms with Crippen LogP contribution in [0.25, 0.3) is 0 Å². The molecule has 0 aliphatic carbocycles. The maximum absolute atomic E-state index is 12.4. The van der Waals surface area contributed by atoms with E-state index in [1.165, 1.54) is 6.92 Å². The first-order chi connectivity index (χ1) is 12.3. The lowest BCUT2D eigenvalue weighted by atomic mass is 10.0. The van der Waals surface area contributed by atoms with Crippen LogP contribution in [-0.4, -0.2) is 63.7 Å². The van der Waals surface area contributed by atoms with Crippen LogP contribution in [0, 0.1) is 0 Å². The minimum atomic E-state index is -1.30. The van der Waals surface area contributed by atoms with Crippen molar-refractivity contribution in [1.82, 2.24) is 15.5 Å². The van der Waals surface area contributed by atoms with Crippen molar-refractivity contribution in [1.29, 1.82) is 0 Å². The molecule has 9 nitrogen and oxygen atoms in total. The van der Waals surface area contributed by atoms with Gasteiger partial charge in [-0.15, -0.1) is 0 Å². The third-order valence-corrected chi connectivity index (χ3v) is 4.18. The lowest BCUT2D eigenvalue weighted by molar-refractivity contribution is -0.147. The van der Waals surface area contributed by atoms with Gasteiger partial charge in [0.25, 0.3) is 0 Å². The molecule has 1 aliphatic rings. The van der Waals surface area contributed by atoms with Gasteiger partial charge < -0.3 is 15.5 Å². The highest BCUT2D eigenvalue weighted by Gasteiger charge is 2.42. The first kappa shape index (κ1) is 19.4. The van der Waals surface area contributed by atoms with E-state index in [0.717, 1.165) is 5.56 Å². The van der Waals surface area contributed by atoms with Crippen molar-refractivity contribution in [2.75, 3.05) is 6.54 Å². The van der Waals surface area contributed by atoms with Crippen LogP contribution in [0.2, 0.25) is 0 Å². The van der Waals surface area contributed by atoms with Gasteiger partial charge in [-0.2, -0.15) is 0 Å². The number of hydrogen-bond donors (Lipinski definition) is 4. The highest BCUT2D eigenvalue weighted by atomic mass is 16.4. The molecule has 1 aromatic rings. The van der Waals surface area contributed by atoms with E-state index in [1.54, 1.807) is 0 Å². The van der Waals surface area contributed by atoms with Gasteiger partial charge in [0.2, 0.25) is 5.91 Å². The number of aryl methyl sites for hydroxylation is 1. The SMILES string of the molecule is C[C@H](N[C@@H](CCc1ccccc1)C(=O)O)C(=O)N1C(=O)NC[C@@H]1C(=O)O. The van der Waals surface area contributed by atoms with Crippen LogP contribution < -0.4 is 10.6 Å². The number of hydrogen-bond acceptors (Lipinski definition) is 5. The number of carbonyl (C=O) groups excluding carboxylic acids is 2. The van der Waals surface area contributed by atoms with Crippen LogP contribution in [0.15, 0.2) is 30.3 Å². The standard InChI is InChI=1S/C17H21N3O6/c1-10(14(21)20-13(16(24)25)9-18-17(20)26)19-12(15(22)23)8-7-11-5-3-2-4-6-11/h2-6,10,12-13,19H,7-9H2,1H3,(H,18,26)(H,22,23)(H,24,25)/t10-,12-,13+/m0/s1. The van der Waals surface area contributed by atoms with Crippen LogP contribution >= 0.6 is 0 Å². The van der Waals surface area contributed by atoms with E-state index in [2.05, 4.69) is 10.6 Å². The van der Waals surface area contributed by atoms with Crippen LogP contribution in [0.5, 0.6) is 0 Å². The predicted molar refractivity (Wildman–Crippen MR) is 90.5 cm³/mol. The van der Waals surface area contributed by atoms with Gasteiger partial charge in [-0.05, 0) is 25.3 Å². The van der Waals surface area contributed by atoms with E-state index >= 15 is 0 Å². The van der Waals surface area contributed by atoms with E-state index in [-0.39, 0.29) is 13.0 Å². The van der Waals surface area contributed by atoms with Crippen molar-refractivity contribution >= 4 is 23.9 Å². The number of amides is 3. The van der Waals surface area contributed by atoms with Crippen molar-refractivity contribution in [3.63, 3.8) is 0 Å². The Kier molecular flexibility index (Phi) is 6.29. The number of urea groups is 1. The lowest BCUT2D eigenvalue weighted by Gasteiger charge is -2.25. The molecule has 9 heteroatoms. The largest absolute Gasteiger partial charge is 0.480 e. The molecule has 0 radical (unpaired) electrons. The molecule has 1 fully saturated rings. The molecule has 0 spiro atoms. The van der Waals surface area contributed by atoms with Crippen LogP contribution in [0.4, 0.5) is 4.79 Å². The molecule has 1 heterocycles. The van der Waals surface area contributed by atoms with Crippen LogP contribution in [0.1, 0.15) is 18.9 Å². The fraction of sp³-hybridized carbons (Fsp3) is 0.412. The summed E-state index contributed by atoms with van der Waals surface area (Å²) in [7, 11) is 0. The van der Waals surface area contributed by atoms with Gasteiger partial charge in [-0.1, -0.05) is 30.3 Å². The summed E-state index contributed by atoms with van der Waals surface area (Å²) in [5.41, 5.74) is 0.962. The third-order valence-electron chi connectivity index (χ3n) is 4.18. The van der Waals surface area contributed by atoms with E-state index in [1.807, 2.05) is 30.3 Å². The zero-order valence-corrected chi connectivity index (χ0v) is 14.2. The smallest absolute Gasteiger partial charge is 0.328 e. The Bertz CT molecular complexity index is 693. The Morgan fingerprint density at radius 1 is 1.27 bits per heavy atom. The summed E-state index contributed by atoms with van der Waals surface area (Å²) in [6.07, 6.45) is 0.735. The molecule has 0 bridgehead atoms. The summed E-state index contributed by atoms with van der Waals surface area (Å²) in [4.78, 5) is 47.5. The molecule has 3 amide bonds. The van der Waals surface area contributed by atoms with E-state index < -0.39 is 42.0 Å². The van der Waals surface area contributed by atoms with Crippen molar-refractivity contribution in [2.45, 2.75) is 37.9 Å². The summed E-state index contributed by atoms with van der Waals surface area (Å²) in [5.74, 6) is -3.21. The normalized spacial score (nSPS) is 18.9. The monoisotopic (exact) mass is 363 g/mol. The second-order valence-electron chi connectivity index (χ2n) is 6.05. The summed E-state index contributed by atoms with van der Waals surface area (Å²) in [6, 6.07) is 5.17. The quantitative estimate of drug-likeness (QED) is 0.512. The number of carbonyl (C=O) groups is 4. The molecule has 3 atom stereocenters. The Labute approximate surface area is 150 Å². The molecule has 0 saturated carbocycles. The Morgan fingerprint density at radius 3 is 2.50 bits per heavy atom. The fourth-order valence-electron chi connectivity index (χ4n) is 2.77. The fourth-order valence-corrected chi connectivity index (χ4v) is 2.77. The number of nitrogens with zero attached hydrogens (tertiary/aromatic N) is 1. The molecule has 4 N–H and O–H groups in total. The number of carboxylic acid groups (broad SMARTS) is 2. The van der Waals surface area contributed by atoms with Crippen molar-refractivity contribution in [3.05, 3.63) is 35.9 Å². The number of imide groups is 1.